The molecule has 176 valence electrons. The minimum absolute atomic E-state index is 0.0219. The zero-order valence-corrected chi connectivity index (χ0v) is 21.4. The van der Waals surface area contributed by atoms with E-state index < -0.39 is 0 Å². The summed E-state index contributed by atoms with van der Waals surface area (Å²) in [6.07, 6.45) is 6.94. The molecule has 0 saturated heterocycles. The summed E-state index contributed by atoms with van der Waals surface area (Å²) in [7, 11) is 0. The zero-order chi connectivity index (χ0) is 23.7. The summed E-state index contributed by atoms with van der Waals surface area (Å²) >= 11 is 0. The highest BCUT2D eigenvalue weighted by atomic mass is 15.0. The average Bonchev–Trinajstić information content (AvgIpc) is 2.89. The molecule has 0 aromatic heterocycles. The Morgan fingerprint density at radius 2 is 1.15 bits per heavy atom. The molecule has 3 rings (SSSR count). The second kappa shape index (κ2) is 11.5. The van der Waals surface area contributed by atoms with Crippen LogP contribution in [0.1, 0.15) is 95.8 Å². The summed E-state index contributed by atoms with van der Waals surface area (Å²) in [5.74, 6) is 0.552. The maximum atomic E-state index is 3.87. The van der Waals surface area contributed by atoms with Crippen LogP contribution in [0.4, 0.5) is 5.69 Å². The van der Waals surface area contributed by atoms with E-state index in [2.05, 4.69) is 125 Å². The molecule has 1 atom stereocenters. The van der Waals surface area contributed by atoms with Gasteiger partial charge in [-0.05, 0) is 78.7 Å². The van der Waals surface area contributed by atoms with Crippen molar-refractivity contribution >= 4 is 5.69 Å². The third kappa shape index (κ3) is 5.69. The number of hydrogen-bond donors (Lipinski definition) is 1. The maximum Gasteiger partial charge on any atom is 0.0620 e. The molecular weight excluding hydrogens is 398 g/mol. The van der Waals surface area contributed by atoms with E-state index in [0.717, 1.165) is 12.8 Å². The fourth-order valence-electron chi connectivity index (χ4n) is 5.44. The Hall–Kier alpha value is -2.54. The predicted octanol–water partition coefficient (Wildman–Crippen LogP) is 9.46. The molecule has 1 unspecified atom stereocenters. The number of rotatable bonds is 12. The van der Waals surface area contributed by atoms with Crippen LogP contribution in [0.2, 0.25) is 0 Å². The molecule has 0 spiro atoms. The number of hydrogen-bond acceptors (Lipinski definition) is 1. The van der Waals surface area contributed by atoms with Gasteiger partial charge < -0.3 is 5.32 Å². The lowest BCUT2D eigenvalue weighted by molar-refractivity contribution is 0.345. The van der Waals surface area contributed by atoms with Crippen molar-refractivity contribution in [3.8, 4) is 0 Å². The molecule has 0 radical (unpaired) electrons. The summed E-state index contributed by atoms with van der Waals surface area (Å²) in [6.45, 7) is 11.6. The van der Waals surface area contributed by atoms with Crippen molar-refractivity contribution in [2.45, 2.75) is 90.0 Å². The molecule has 0 fully saturated rings. The van der Waals surface area contributed by atoms with Crippen LogP contribution in [0.3, 0.4) is 0 Å². The minimum atomic E-state index is -0.0219. The highest BCUT2D eigenvalue weighted by molar-refractivity contribution is 5.49. The van der Waals surface area contributed by atoms with E-state index >= 15 is 0 Å². The molecule has 1 heteroatoms. The van der Waals surface area contributed by atoms with Gasteiger partial charge in [-0.15, -0.1) is 0 Å². The van der Waals surface area contributed by atoms with Crippen LogP contribution < -0.4 is 5.32 Å². The van der Waals surface area contributed by atoms with Crippen molar-refractivity contribution < 1.29 is 0 Å². The second-order valence-electron chi connectivity index (χ2n) is 9.70. The third-order valence-electron chi connectivity index (χ3n) is 8.19. The van der Waals surface area contributed by atoms with Gasteiger partial charge in [0.1, 0.15) is 0 Å². The lowest BCUT2D eigenvalue weighted by Gasteiger charge is -2.35. The predicted molar refractivity (Wildman–Crippen MR) is 145 cm³/mol. The monoisotopic (exact) mass is 441 g/mol. The van der Waals surface area contributed by atoms with E-state index in [4.69, 9.17) is 0 Å². The molecule has 3 aromatic carbocycles. The zero-order valence-electron chi connectivity index (χ0n) is 21.4. The Bertz CT molecular complexity index is 935. The topological polar surface area (TPSA) is 12.0 Å². The van der Waals surface area contributed by atoms with Crippen LogP contribution in [0.5, 0.6) is 0 Å². The first-order valence-electron chi connectivity index (χ1n) is 13.0. The van der Waals surface area contributed by atoms with Gasteiger partial charge in [-0.3, -0.25) is 0 Å². The Balaban J connectivity index is 1.70. The first-order chi connectivity index (χ1) is 16.0. The third-order valence-corrected chi connectivity index (χ3v) is 8.19. The van der Waals surface area contributed by atoms with Crippen LogP contribution in [-0.2, 0) is 11.0 Å². The van der Waals surface area contributed by atoms with Gasteiger partial charge in [0, 0.05) is 5.69 Å². The van der Waals surface area contributed by atoms with Crippen molar-refractivity contribution in [3.63, 3.8) is 0 Å². The van der Waals surface area contributed by atoms with Gasteiger partial charge in [0.2, 0.25) is 0 Å². The molecule has 0 aliphatic rings. The lowest BCUT2D eigenvalue weighted by atomic mass is 9.71. The van der Waals surface area contributed by atoms with Crippen LogP contribution in [-0.4, -0.2) is 0 Å². The number of benzene rings is 3. The normalized spacial score (nSPS) is 13.0. The molecule has 0 amide bonds. The van der Waals surface area contributed by atoms with Gasteiger partial charge in [-0.2, -0.15) is 0 Å². The Labute approximate surface area is 202 Å². The van der Waals surface area contributed by atoms with Crippen LogP contribution in [0, 0.1) is 0 Å². The van der Waals surface area contributed by atoms with Crippen LogP contribution in [0.25, 0.3) is 0 Å². The fourth-order valence-corrected chi connectivity index (χ4v) is 5.44. The van der Waals surface area contributed by atoms with Gasteiger partial charge in [-0.1, -0.05) is 107 Å². The first-order valence-corrected chi connectivity index (χ1v) is 13.0. The van der Waals surface area contributed by atoms with Gasteiger partial charge in [0.05, 0.1) is 5.54 Å². The smallest absolute Gasteiger partial charge is 0.0620 e. The molecule has 0 heterocycles. The van der Waals surface area contributed by atoms with E-state index in [1.54, 1.807) is 0 Å². The van der Waals surface area contributed by atoms with Crippen LogP contribution in [0.15, 0.2) is 84.9 Å². The molecule has 3 aromatic rings. The van der Waals surface area contributed by atoms with Crippen molar-refractivity contribution in [1.82, 2.24) is 0 Å². The van der Waals surface area contributed by atoms with Crippen molar-refractivity contribution in [1.29, 1.82) is 0 Å². The largest absolute Gasteiger partial charge is 0.376 e. The molecule has 0 bridgehead atoms. The van der Waals surface area contributed by atoms with Gasteiger partial charge in [0.15, 0.2) is 0 Å². The molecule has 1 N–H and O–H groups in total. The van der Waals surface area contributed by atoms with E-state index in [1.165, 1.54) is 48.1 Å². The van der Waals surface area contributed by atoms with Crippen molar-refractivity contribution in [2.24, 2.45) is 0 Å². The van der Waals surface area contributed by atoms with Crippen molar-refractivity contribution in [2.75, 3.05) is 5.32 Å². The molecule has 0 aliphatic heterocycles. The van der Waals surface area contributed by atoms with E-state index in [-0.39, 0.29) is 11.0 Å². The number of anilines is 1. The number of nitrogens with one attached hydrogen (secondary N) is 1. The summed E-state index contributed by atoms with van der Waals surface area (Å²) in [4.78, 5) is 0. The quantitative estimate of drug-likeness (QED) is 0.295. The Morgan fingerprint density at radius 3 is 1.64 bits per heavy atom. The molecule has 0 aliphatic carbocycles. The van der Waals surface area contributed by atoms with Crippen molar-refractivity contribution in [3.05, 3.63) is 102 Å². The Morgan fingerprint density at radius 1 is 0.636 bits per heavy atom. The van der Waals surface area contributed by atoms with Gasteiger partial charge >= 0.3 is 0 Å². The Kier molecular flexibility index (Phi) is 8.78. The molecule has 0 saturated carbocycles. The van der Waals surface area contributed by atoms with E-state index in [0.29, 0.717) is 5.92 Å². The summed E-state index contributed by atoms with van der Waals surface area (Å²) < 4.78 is 0. The highest BCUT2D eigenvalue weighted by Crippen LogP contribution is 2.39. The fraction of sp³-hybridized carbons (Fsp3) is 0.438. The molecular formula is C32H43N. The van der Waals surface area contributed by atoms with Gasteiger partial charge in [0.25, 0.3) is 0 Å². The highest BCUT2D eigenvalue weighted by Gasteiger charge is 2.29. The maximum absolute atomic E-state index is 3.87. The van der Waals surface area contributed by atoms with Crippen LogP contribution >= 0.6 is 0 Å². The summed E-state index contributed by atoms with van der Waals surface area (Å²) in [5.41, 5.74) is 5.77. The minimum Gasteiger partial charge on any atom is -0.376 e. The standard InChI is InChI=1S/C32H43N/c1-6-31(7-2,28-16-12-10-13-17-28)25-24-26(5)27-20-22-30(23-21-27)33-32(8-3,9-4)29-18-14-11-15-19-29/h10-23,26,33H,6-9,24-25H2,1-5H3. The van der Waals surface area contributed by atoms with Gasteiger partial charge in [-0.25, -0.2) is 0 Å². The second-order valence-corrected chi connectivity index (χ2v) is 9.70. The van der Waals surface area contributed by atoms with E-state index in [1.807, 2.05) is 0 Å². The average molecular weight is 442 g/mol. The molecule has 1 nitrogen and oxygen atoms in total. The van der Waals surface area contributed by atoms with E-state index in [9.17, 15) is 0 Å². The summed E-state index contributed by atoms with van der Waals surface area (Å²) in [6, 6.07) is 31.2. The lowest BCUT2D eigenvalue weighted by Crippen LogP contribution is -2.34. The molecule has 33 heavy (non-hydrogen) atoms. The SMILES string of the molecule is CCC(CC)(CCC(C)c1ccc(NC(CC)(CC)c2ccccc2)cc1)c1ccccc1. The summed E-state index contributed by atoms with van der Waals surface area (Å²) in [5, 5.41) is 3.87. The first kappa shape index (κ1) is 25.1.